The Balaban J connectivity index is 2.28. The van der Waals surface area contributed by atoms with Gasteiger partial charge in [0.1, 0.15) is 0 Å². The van der Waals surface area contributed by atoms with Crippen LogP contribution in [0.2, 0.25) is 5.28 Å². The Labute approximate surface area is 121 Å². The van der Waals surface area contributed by atoms with Gasteiger partial charge in [-0.3, -0.25) is 0 Å². The molecule has 3 aromatic rings. The fraction of sp³-hybridized carbons (Fsp3) is 0.214. The number of nitrogen functional groups attached to an aromatic ring is 1. The van der Waals surface area contributed by atoms with E-state index in [4.69, 9.17) is 17.3 Å². The van der Waals surface area contributed by atoms with E-state index in [0.29, 0.717) is 5.69 Å². The first kappa shape index (κ1) is 12.9. The van der Waals surface area contributed by atoms with Gasteiger partial charge in [0.05, 0.1) is 17.3 Å². The first-order valence-electron chi connectivity index (χ1n) is 6.33. The third-order valence-corrected chi connectivity index (χ3v) is 3.27. The van der Waals surface area contributed by atoms with Crippen LogP contribution in [0.1, 0.15) is 19.9 Å². The zero-order chi connectivity index (χ0) is 14.3. The fourth-order valence-electron chi connectivity index (χ4n) is 2.14. The van der Waals surface area contributed by atoms with E-state index < -0.39 is 0 Å². The van der Waals surface area contributed by atoms with Crippen molar-refractivity contribution in [1.82, 2.24) is 19.7 Å². The predicted molar refractivity (Wildman–Crippen MR) is 80.6 cm³/mol. The number of hydrogen-bond donors (Lipinski definition) is 1. The van der Waals surface area contributed by atoms with E-state index in [1.807, 2.05) is 42.8 Å². The molecule has 0 saturated carbocycles. The normalized spacial score (nSPS) is 11.4. The summed E-state index contributed by atoms with van der Waals surface area (Å²) in [6.07, 6.45) is 1.78. The van der Waals surface area contributed by atoms with E-state index in [0.717, 1.165) is 22.3 Å². The third kappa shape index (κ3) is 2.10. The van der Waals surface area contributed by atoms with Crippen LogP contribution in [0.4, 0.5) is 5.69 Å². The lowest BCUT2D eigenvalue weighted by atomic mass is 10.1. The van der Waals surface area contributed by atoms with E-state index in [2.05, 4.69) is 15.1 Å². The molecule has 2 aromatic heterocycles. The Morgan fingerprint density at radius 3 is 2.50 bits per heavy atom. The SMILES string of the molecule is CC(C)n1ncc2c(-c3ccc(N)cc3)nc(Cl)nc21. The maximum Gasteiger partial charge on any atom is 0.225 e. The van der Waals surface area contributed by atoms with Gasteiger partial charge < -0.3 is 5.73 Å². The highest BCUT2D eigenvalue weighted by molar-refractivity contribution is 6.28. The molecule has 2 N–H and O–H groups in total. The highest BCUT2D eigenvalue weighted by Gasteiger charge is 2.14. The minimum atomic E-state index is 0.206. The summed E-state index contributed by atoms with van der Waals surface area (Å²) in [6.45, 7) is 4.09. The van der Waals surface area contributed by atoms with Crippen LogP contribution in [0.5, 0.6) is 0 Å². The van der Waals surface area contributed by atoms with Gasteiger partial charge in [0.2, 0.25) is 5.28 Å². The number of rotatable bonds is 2. The Bertz CT molecular complexity index is 761. The second kappa shape index (κ2) is 4.76. The smallest absolute Gasteiger partial charge is 0.225 e. The molecule has 0 amide bonds. The second-order valence-electron chi connectivity index (χ2n) is 4.88. The molecule has 3 rings (SSSR count). The number of nitrogens with two attached hydrogens (primary N) is 1. The largest absolute Gasteiger partial charge is 0.399 e. The molecule has 1 aromatic carbocycles. The molecule has 6 heteroatoms. The molecule has 0 atom stereocenters. The highest BCUT2D eigenvalue weighted by atomic mass is 35.5. The Morgan fingerprint density at radius 1 is 1.15 bits per heavy atom. The summed E-state index contributed by atoms with van der Waals surface area (Å²) in [6, 6.07) is 7.71. The maximum absolute atomic E-state index is 6.05. The molecule has 0 unspecified atom stereocenters. The summed E-state index contributed by atoms with van der Waals surface area (Å²) in [5.41, 5.74) is 8.88. The van der Waals surface area contributed by atoms with E-state index in [9.17, 15) is 0 Å². The topological polar surface area (TPSA) is 69.6 Å². The molecule has 0 spiro atoms. The average Bonchev–Trinajstić information content (AvgIpc) is 2.82. The minimum Gasteiger partial charge on any atom is -0.399 e. The van der Waals surface area contributed by atoms with Crippen LogP contribution in [-0.4, -0.2) is 19.7 Å². The number of halogens is 1. The molecule has 0 bridgehead atoms. The van der Waals surface area contributed by atoms with E-state index in [-0.39, 0.29) is 11.3 Å². The molecule has 0 aliphatic heterocycles. The standard InChI is InChI=1S/C14H14ClN5/c1-8(2)20-13-11(7-17-20)12(18-14(15)19-13)9-3-5-10(16)6-4-9/h3-8H,16H2,1-2H3. The number of nitrogens with zero attached hydrogens (tertiary/aromatic N) is 4. The van der Waals surface area contributed by atoms with Gasteiger partial charge in [0, 0.05) is 17.3 Å². The first-order chi connectivity index (χ1) is 9.56. The zero-order valence-electron chi connectivity index (χ0n) is 11.2. The number of fused-ring (bicyclic) bond motifs is 1. The van der Waals surface area contributed by atoms with Crippen LogP contribution in [0.3, 0.4) is 0 Å². The van der Waals surface area contributed by atoms with Crippen LogP contribution in [0.25, 0.3) is 22.3 Å². The van der Waals surface area contributed by atoms with Crippen molar-refractivity contribution in [2.24, 2.45) is 0 Å². The summed E-state index contributed by atoms with van der Waals surface area (Å²) >= 11 is 6.05. The molecular formula is C14H14ClN5. The Morgan fingerprint density at radius 2 is 1.85 bits per heavy atom. The van der Waals surface area contributed by atoms with Crippen molar-refractivity contribution in [3.63, 3.8) is 0 Å². The average molecular weight is 288 g/mol. The Hall–Kier alpha value is -2.14. The van der Waals surface area contributed by atoms with Gasteiger partial charge in [-0.1, -0.05) is 12.1 Å². The van der Waals surface area contributed by atoms with Crippen molar-refractivity contribution >= 4 is 28.3 Å². The quantitative estimate of drug-likeness (QED) is 0.580. The molecule has 2 heterocycles. The molecule has 0 aliphatic rings. The molecule has 102 valence electrons. The van der Waals surface area contributed by atoms with Crippen molar-refractivity contribution in [1.29, 1.82) is 0 Å². The fourth-order valence-corrected chi connectivity index (χ4v) is 2.30. The van der Waals surface area contributed by atoms with Crippen molar-refractivity contribution in [3.05, 3.63) is 35.7 Å². The maximum atomic E-state index is 6.05. The molecule has 0 radical (unpaired) electrons. The van der Waals surface area contributed by atoms with Crippen molar-refractivity contribution in [3.8, 4) is 11.3 Å². The van der Waals surface area contributed by atoms with Crippen molar-refractivity contribution in [2.75, 3.05) is 5.73 Å². The van der Waals surface area contributed by atoms with Gasteiger partial charge in [-0.2, -0.15) is 10.1 Å². The summed E-state index contributed by atoms with van der Waals surface area (Å²) in [5, 5.41) is 5.47. The van der Waals surface area contributed by atoms with E-state index in [1.54, 1.807) is 6.20 Å². The van der Waals surface area contributed by atoms with Gasteiger partial charge in [-0.05, 0) is 37.6 Å². The van der Waals surface area contributed by atoms with Gasteiger partial charge in [-0.15, -0.1) is 0 Å². The number of anilines is 1. The molecule has 5 nitrogen and oxygen atoms in total. The Kier molecular flexibility index (Phi) is 3.06. The molecule has 0 aliphatic carbocycles. The number of benzene rings is 1. The highest BCUT2D eigenvalue weighted by Crippen LogP contribution is 2.28. The lowest BCUT2D eigenvalue weighted by molar-refractivity contribution is 0.546. The molecular weight excluding hydrogens is 274 g/mol. The van der Waals surface area contributed by atoms with E-state index >= 15 is 0 Å². The van der Waals surface area contributed by atoms with E-state index in [1.165, 1.54) is 0 Å². The lowest BCUT2D eigenvalue weighted by Gasteiger charge is -2.08. The van der Waals surface area contributed by atoms with Crippen LogP contribution < -0.4 is 5.73 Å². The van der Waals surface area contributed by atoms with Gasteiger partial charge >= 0.3 is 0 Å². The monoisotopic (exact) mass is 287 g/mol. The predicted octanol–water partition coefficient (Wildman–Crippen LogP) is 3.31. The first-order valence-corrected chi connectivity index (χ1v) is 6.70. The molecule has 20 heavy (non-hydrogen) atoms. The van der Waals surface area contributed by atoms with Crippen LogP contribution in [-0.2, 0) is 0 Å². The van der Waals surface area contributed by atoms with Crippen molar-refractivity contribution in [2.45, 2.75) is 19.9 Å². The molecule has 0 saturated heterocycles. The zero-order valence-corrected chi connectivity index (χ0v) is 12.0. The van der Waals surface area contributed by atoms with Crippen molar-refractivity contribution < 1.29 is 0 Å². The second-order valence-corrected chi connectivity index (χ2v) is 5.22. The molecule has 0 fully saturated rings. The van der Waals surface area contributed by atoms with Gasteiger partial charge in [0.25, 0.3) is 0 Å². The summed E-state index contributed by atoms with van der Waals surface area (Å²) in [4.78, 5) is 8.62. The van der Waals surface area contributed by atoms with Crippen LogP contribution >= 0.6 is 11.6 Å². The minimum absolute atomic E-state index is 0.206. The third-order valence-electron chi connectivity index (χ3n) is 3.10. The van der Waals surface area contributed by atoms with Crippen LogP contribution in [0.15, 0.2) is 30.5 Å². The number of aromatic nitrogens is 4. The summed E-state index contributed by atoms with van der Waals surface area (Å²) < 4.78 is 1.84. The summed E-state index contributed by atoms with van der Waals surface area (Å²) in [5.74, 6) is 0. The number of hydrogen-bond acceptors (Lipinski definition) is 4. The van der Waals surface area contributed by atoms with Crippen LogP contribution in [0, 0.1) is 0 Å². The summed E-state index contributed by atoms with van der Waals surface area (Å²) in [7, 11) is 0. The van der Waals surface area contributed by atoms with Gasteiger partial charge in [0.15, 0.2) is 5.65 Å². The lowest BCUT2D eigenvalue weighted by Crippen LogP contribution is -2.04. The van der Waals surface area contributed by atoms with Gasteiger partial charge in [-0.25, -0.2) is 9.67 Å².